The average Bonchev–Trinajstić information content (AvgIpc) is 3.06. The quantitative estimate of drug-likeness (QED) is 0.630. The van der Waals surface area contributed by atoms with Gasteiger partial charge in [-0.1, -0.05) is 12.1 Å². The van der Waals surface area contributed by atoms with Crippen LogP contribution in [0.15, 0.2) is 41.6 Å². The summed E-state index contributed by atoms with van der Waals surface area (Å²) in [5, 5.41) is 3.75. The van der Waals surface area contributed by atoms with Crippen LogP contribution >= 0.6 is 0 Å². The molecule has 2 aromatic rings. The third kappa shape index (κ3) is 5.86. The highest BCUT2D eigenvalue weighted by molar-refractivity contribution is 7.89. The van der Waals surface area contributed by atoms with Gasteiger partial charge in [0.15, 0.2) is 6.10 Å². The Hall–Kier alpha value is -2.79. The standard InChI is InChI=1S/C17H21FN4O5S/c1-12(17(24)21(2)10-13-5-4-6-14(18)7-13)27-16(23)9-20-28(25,26)15-8-19-22(3)11-15/h4-8,11-12,20H,9-10H2,1-3H3. The minimum Gasteiger partial charge on any atom is -0.452 e. The predicted octanol–water partition coefficient (Wildman–Crippen LogP) is 0.428. The second kappa shape index (κ2) is 8.93. The second-order valence-electron chi connectivity index (χ2n) is 6.13. The first kappa shape index (κ1) is 21.5. The van der Waals surface area contributed by atoms with E-state index in [-0.39, 0.29) is 11.4 Å². The van der Waals surface area contributed by atoms with Gasteiger partial charge in [0.25, 0.3) is 5.91 Å². The van der Waals surface area contributed by atoms with E-state index in [0.29, 0.717) is 5.56 Å². The molecule has 1 atom stereocenters. The first-order valence-corrected chi connectivity index (χ1v) is 9.74. The number of likely N-dealkylation sites (N-methyl/N-ethyl adjacent to an activating group) is 1. The van der Waals surface area contributed by atoms with Crippen molar-refractivity contribution < 1.29 is 27.1 Å². The maximum atomic E-state index is 13.2. The van der Waals surface area contributed by atoms with Gasteiger partial charge in [0.2, 0.25) is 10.0 Å². The Morgan fingerprint density at radius 1 is 1.39 bits per heavy atom. The molecular formula is C17H21FN4O5S. The van der Waals surface area contributed by atoms with E-state index >= 15 is 0 Å². The van der Waals surface area contributed by atoms with Crippen molar-refractivity contribution in [1.29, 1.82) is 0 Å². The number of carbonyl (C=O) groups excluding carboxylic acids is 2. The van der Waals surface area contributed by atoms with Crippen molar-refractivity contribution in [1.82, 2.24) is 19.4 Å². The van der Waals surface area contributed by atoms with Crippen LogP contribution in [-0.4, -0.2) is 54.7 Å². The van der Waals surface area contributed by atoms with E-state index < -0.39 is 40.4 Å². The molecule has 1 heterocycles. The number of benzene rings is 1. The number of hydrogen-bond acceptors (Lipinski definition) is 6. The van der Waals surface area contributed by atoms with Gasteiger partial charge >= 0.3 is 5.97 Å². The molecule has 2 rings (SSSR count). The molecule has 0 fully saturated rings. The molecule has 0 saturated heterocycles. The molecule has 0 radical (unpaired) electrons. The Labute approximate surface area is 162 Å². The largest absolute Gasteiger partial charge is 0.452 e. The highest BCUT2D eigenvalue weighted by Crippen LogP contribution is 2.09. The third-order valence-corrected chi connectivity index (χ3v) is 5.09. The summed E-state index contributed by atoms with van der Waals surface area (Å²) in [6, 6.07) is 5.79. The van der Waals surface area contributed by atoms with Crippen molar-refractivity contribution in [2.75, 3.05) is 13.6 Å². The lowest BCUT2D eigenvalue weighted by Gasteiger charge is -2.21. The van der Waals surface area contributed by atoms with Gasteiger partial charge < -0.3 is 9.64 Å². The van der Waals surface area contributed by atoms with E-state index in [1.807, 2.05) is 0 Å². The van der Waals surface area contributed by atoms with Gasteiger partial charge in [-0.2, -0.15) is 9.82 Å². The van der Waals surface area contributed by atoms with E-state index in [1.54, 1.807) is 13.1 Å². The van der Waals surface area contributed by atoms with E-state index in [4.69, 9.17) is 4.74 Å². The Bertz CT molecular complexity index is 960. The summed E-state index contributed by atoms with van der Waals surface area (Å²) in [6.07, 6.45) is 1.29. The molecule has 11 heteroatoms. The molecule has 0 aliphatic carbocycles. The zero-order valence-corrected chi connectivity index (χ0v) is 16.4. The molecule has 0 bridgehead atoms. The van der Waals surface area contributed by atoms with Gasteiger partial charge in [-0.05, 0) is 24.6 Å². The monoisotopic (exact) mass is 412 g/mol. The number of amides is 1. The summed E-state index contributed by atoms with van der Waals surface area (Å²) in [5.41, 5.74) is 0.582. The minimum atomic E-state index is -3.92. The molecule has 1 aromatic carbocycles. The van der Waals surface area contributed by atoms with Crippen molar-refractivity contribution >= 4 is 21.9 Å². The fourth-order valence-electron chi connectivity index (χ4n) is 2.36. The summed E-state index contributed by atoms with van der Waals surface area (Å²) < 4.78 is 45.7. The lowest BCUT2D eigenvalue weighted by molar-refractivity contribution is -0.157. The van der Waals surface area contributed by atoms with Gasteiger partial charge in [0.05, 0.1) is 6.20 Å². The fourth-order valence-corrected chi connectivity index (χ4v) is 3.31. The number of aromatic nitrogens is 2. The lowest BCUT2D eigenvalue weighted by Crippen LogP contribution is -2.39. The number of sulfonamides is 1. The maximum absolute atomic E-state index is 13.2. The highest BCUT2D eigenvalue weighted by Gasteiger charge is 2.23. The summed E-state index contributed by atoms with van der Waals surface area (Å²) in [7, 11) is -0.871. The van der Waals surface area contributed by atoms with Crippen LogP contribution < -0.4 is 4.72 Å². The number of aryl methyl sites for hydroxylation is 1. The SMILES string of the molecule is CC(OC(=O)CNS(=O)(=O)c1cnn(C)c1)C(=O)N(C)Cc1cccc(F)c1. The second-order valence-corrected chi connectivity index (χ2v) is 7.90. The lowest BCUT2D eigenvalue weighted by atomic mass is 10.2. The molecule has 152 valence electrons. The van der Waals surface area contributed by atoms with Gasteiger partial charge in [0, 0.05) is 26.8 Å². The van der Waals surface area contributed by atoms with Crippen LogP contribution in [0.2, 0.25) is 0 Å². The Morgan fingerprint density at radius 3 is 2.71 bits per heavy atom. The molecule has 0 aliphatic rings. The Kier molecular flexibility index (Phi) is 6.86. The number of esters is 1. The number of nitrogens with zero attached hydrogens (tertiary/aromatic N) is 3. The van der Waals surface area contributed by atoms with Crippen molar-refractivity contribution in [3.63, 3.8) is 0 Å². The van der Waals surface area contributed by atoms with Crippen LogP contribution in [0.5, 0.6) is 0 Å². The molecule has 0 saturated carbocycles. The predicted molar refractivity (Wildman–Crippen MR) is 96.8 cm³/mol. The summed E-state index contributed by atoms with van der Waals surface area (Å²) in [4.78, 5) is 25.4. The van der Waals surface area contributed by atoms with Gasteiger partial charge in [-0.3, -0.25) is 14.3 Å². The number of nitrogens with one attached hydrogen (secondary N) is 1. The van der Waals surface area contributed by atoms with Crippen LogP contribution in [0.4, 0.5) is 4.39 Å². The van der Waals surface area contributed by atoms with Crippen LogP contribution in [0.25, 0.3) is 0 Å². The molecule has 1 aromatic heterocycles. The number of ether oxygens (including phenoxy) is 1. The smallest absolute Gasteiger partial charge is 0.321 e. The Morgan fingerprint density at radius 2 is 2.11 bits per heavy atom. The molecule has 1 unspecified atom stereocenters. The van der Waals surface area contributed by atoms with Gasteiger partial charge in [-0.25, -0.2) is 12.8 Å². The Balaban J connectivity index is 1.86. The molecule has 1 N–H and O–H groups in total. The van der Waals surface area contributed by atoms with Gasteiger partial charge in [0.1, 0.15) is 17.3 Å². The zero-order chi connectivity index (χ0) is 20.9. The van der Waals surface area contributed by atoms with Crippen molar-refractivity contribution in [3.8, 4) is 0 Å². The summed E-state index contributed by atoms with van der Waals surface area (Å²) in [5.74, 6) is -1.83. The van der Waals surface area contributed by atoms with E-state index in [2.05, 4.69) is 9.82 Å². The van der Waals surface area contributed by atoms with Crippen molar-refractivity contribution in [3.05, 3.63) is 48.0 Å². The maximum Gasteiger partial charge on any atom is 0.321 e. The van der Waals surface area contributed by atoms with Crippen molar-refractivity contribution in [2.45, 2.75) is 24.5 Å². The number of hydrogen-bond donors (Lipinski definition) is 1. The average molecular weight is 412 g/mol. The number of carbonyl (C=O) groups is 2. The van der Waals surface area contributed by atoms with Crippen LogP contribution in [0.3, 0.4) is 0 Å². The molecule has 0 spiro atoms. The van der Waals surface area contributed by atoms with Crippen LogP contribution in [0.1, 0.15) is 12.5 Å². The molecule has 28 heavy (non-hydrogen) atoms. The van der Waals surface area contributed by atoms with Gasteiger partial charge in [-0.15, -0.1) is 0 Å². The fraction of sp³-hybridized carbons (Fsp3) is 0.353. The first-order valence-electron chi connectivity index (χ1n) is 8.25. The summed E-state index contributed by atoms with van der Waals surface area (Å²) >= 11 is 0. The number of rotatable bonds is 8. The minimum absolute atomic E-state index is 0.0956. The first-order chi connectivity index (χ1) is 13.1. The molecule has 9 nitrogen and oxygen atoms in total. The molecule has 1 amide bonds. The number of halogens is 1. The third-order valence-electron chi connectivity index (χ3n) is 3.74. The molecular weight excluding hydrogens is 391 g/mol. The zero-order valence-electron chi connectivity index (χ0n) is 15.6. The summed E-state index contributed by atoms with van der Waals surface area (Å²) in [6.45, 7) is 0.868. The van der Waals surface area contributed by atoms with Crippen LogP contribution in [-0.2, 0) is 37.9 Å². The topological polar surface area (TPSA) is 111 Å². The van der Waals surface area contributed by atoms with E-state index in [0.717, 1.165) is 6.20 Å². The van der Waals surface area contributed by atoms with E-state index in [1.165, 1.54) is 47.9 Å². The van der Waals surface area contributed by atoms with E-state index in [9.17, 15) is 22.4 Å². The van der Waals surface area contributed by atoms with Crippen LogP contribution in [0, 0.1) is 5.82 Å². The normalized spacial score (nSPS) is 12.4. The highest BCUT2D eigenvalue weighted by atomic mass is 32.2. The van der Waals surface area contributed by atoms with Crippen molar-refractivity contribution in [2.24, 2.45) is 7.05 Å². The molecule has 0 aliphatic heterocycles.